The lowest BCUT2D eigenvalue weighted by Crippen LogP contribution is -2.40. The standard InChI is InChI=1S/C19H15BrN2O2S/c20-15-8-6-14(7-9-15)18(23)17(22-10-2-1-3-11-22)19(25)21-13-16-5-4-12-24-16/h1-12H,13H2,(H-,21,23,25)/p+1. The van der Waals surface area contributed by atoms with Crippen LogP contribution < -0.4 is 9.88 Å². The molecule has 0 bridgehead atoms. The molecule has 0 spiro atoms. The van der Waals surface area contributed by atoms with Crippen LogP contribution in [0.3, 0.4) is 0 Å². The fraction of sp³-hybridized carbons (Fsp3) is 0.0526. The van der Waals surface area contributed by atoms with Gasteiger partial charge < -0.3 is 14.8 Å². The predicted octanol–water partition coefficient (Wildman–Crippen LogP) is 4.33. The first-order valence-corrected chi connectivity index (χ1v) is 8.81. The Morgan fingerprint density at radius 3 is 2.44 bits per heavy atom. The highest BCUT2D eigenvalue weighted by Crippen LogP contribution is 2.20. The van der Waals surface area contributed by atoms with Crippen molar-refractivity contribution in [3.63, 3.8) is 0 Å². The molecule has 3 aromatic rings. The number of halogens is 1. The van der Waals surface area contributed by atoms with Crippen LogP contribution in [0.4, 0.5) is 0 Å². The monoisotopic (exact) mass is 415 g/mol. The normalized spacial score (nSPS) is 11.7. The van der Waals surface area contributed by atoms with Gasteiger partial charge in [-0.2, -0.15) is 4.57 Å². The van der Waals surface area contributed by atoms with E-state index in [0.717, 1.165) is 10.2 Å². The van der Waals surface area contributed by atoms with Crippen LogP contribution in [0.1, 0.15) is 11.3 Å². The Balaban J connectivity index is 1.96. The second-order valence-corrected chi connectivity index (χ2v) is 6.57. The lowest BCUT2D eigenvalue weighted by atomic mass is 10.1. The largest absolute Gasteiger partial charge is 0.502 e. The molecular formula is C19H16BrN2O2S+. The maximum Gasteiger partial charge on any atom is 0.287 e. The molecule has 0 fully saturated rings. The van der Waals surface area contributed by atoms with Crippen LogP contribution >= 0.6 is 28.1 Å². The van der Waals surface area contributed by atoms with Gasteiger partial charge in [-0.05, 0) is 36.4 Å². The van der Waals surface area contributed by atoms with Gasteiger partial charge in [0.15, 0.2) is 23.1 Å². The van der Waals surface area contributed by atoms with Gasteiger partial charge in [0.2, 0.25) is 0 Å². The molecule has 1 aromatic carbocycles. The van der Waals surface area contributed by atoms with E-state index in [1.54, 1.807) is 10.8 Å². The molecule has 0 aliphatic rings. The summed E-state index contributed by atoms with van der Waals surface area (Å²) in [5.41, 5.74) is 1.18. The fourth-order valence-electron chi connectivity index (χ4n) is 2.30. The van der Waals surface area contributed by atoms with Crippen LogP contribution in [0.2, 0.25) is 0 Å². The quantitative estimate of drug-likeness (QED) is 0.281. The van der Waals surface area contributed by atoms with E-state index in [1.807, 2.05) is 67.0 Å². The van der Waals surface area contributed by atoms with Crippen molar-refractivity contribution in [1.29, 1.82) is 0 Å². The van der Waals surface area contributed by atoms with E-state index in [9.17, 15) is 5.11 Å². The van der Waals surface area contributed by atoms with Crippen molar-refractivity contribution in [1.82, 2.24) is 5.32 Å². The molecule has 0 atom stereocenters. The first-order chi connectivity index (χ1) is 12.1. The van der Waals surface area contributed by atoms with Gasteiger partial charge >= 0.3 is 0 Å². The van der Waals surface area contributed by atoms with Gasteiger partial charge in [0, 0.05) is 22.2 Å². The molecule has 4 nitrogen and oxygen atoms in total. The molecule has 6 heteroatoms. The minimum Gasteiger partial charge on any atom is -0.502 e. The van der Waals surface area contributed by atoms with Crippen LogP contribution in [0.25, 0.3) is 11.5 Å². The SMILES string of the molecule is O/C(=C(\C(=S)NCc1ccco1)[n+]1ccccc1)c1ccc(Br)cc1. The molecular weight excluding hydrogens is 400 g/mol. The summed E-state index contributed by atoms with van der Waals surface area (Å²) in [7, 11) is 0. The maximum atomic E-state index is 10.8. The first kappa shape index (κ1) is 17.4. The molecule has 2 heterocycles. The molecule has 0 saturated heterocycles. The molecule has 2 N–H and O–H groups in total. The van der Waals surface area contributed by atoms with Gasteiger partial charge in [0.1, 0.15) is 5.76 Å². The summed E-state index contributed by atoms with van der Waals surface area (Å²) in [4.78, 5) is 0.424. The summed E-state index contributed by atoms with van der Waals surface area (Å²) in [6.45, 7) is 0.441. The topological polar surface area (TPSA) is 49.3 Å². The highest BCUT2D eigenvalue weighted by atomic mass is 79.9. The van der Waals surface area contributed by atoms with E-state index in [2.05, 4.69) is 21.2 Å². The van der Waals surface area contributed by atoms with Gasteiger partial charge in [0.25, 0.3) is 5.70 Å². The van der Waals surface area contributed by atoms with Gasteiger partial charge in [-0.15, -0.1) is 0 Å². The lowest BCUT2D eigenvalue weighted by molar-refractivity contribution is -0.576. The molecule has 126 valence electrons. The van der Waals surface area contributed by atoms with Crippen molar-refractivity contribution < 1.29 is 14.1 Å². The van der Waals surface area contributed by atoms with E-state index in [-0.39, 0.29) is 5.76 Å². The highest BCUT2D eigenvalue weighted by molar-refractivity contribution is 9.10. The number of aliphatic hydroxyl groups is 1. The number of aromatic nitrogens is 1. The third-order valence-corrected chi connectivity index (χ3v) is 4.40. The Morgan fingerprint density at radius 1 is 1.08 bits per heavy atom. The van der Waals surface area contributed by atoms with Crippen molar-refractivity contribution in [2.24, 2.45) is 0 Å². The number of aliphatic hydroxyl groups excluding tert-OH is 1. The number of rotatable bonds is 5. The Hall–Kier alpha value is -2.44. The molecule has 0 radical (unpaired) electrons. The van der Waals surface area contributed by atoms with Crippen molar-refractivity contribution in [2.75, 3.05) is 0 Å². The Morgan fingerprint density at radius 2 is 1.80 bits per heavy atom. The molecule has 25 heavy (non-hydrogen) atoms. The molecule has 0 unspecified atom stereocenters. The molecule has 0 saturated carbocycles. The second kappa shape index (κ2) is 8.09. The Labute approximate surface area is 159 Å². The summed E-state index contributed by atoms with van der Waals surface area (Å²) < 4.78 is 8.04. The average Bonchev–Trinajstić information content (AvgIpc) is 3.15. The van der Waals surface area contributed by atoms with Gasteiger partial charge in [-0.3, -0.25) is 0 Å². The molecule has 0 aliphatic carbocycles. The molecule has 3 rings (SSSR count). The number of hydrogen-bond acceptors (Lipinski definition) is 3. The maximum absolute atomic E-state index is 10.8. The summed E-state index contributed by atoms with van der Waals surface area (Å²) >= 11 is 8.93. The number of pyridine rings is 1. The van der Waals surface area contributed by atoms with Crippen LogP contribution in [0.5, 0.6) is 0 Å². The second-order valence-electron chi connectivity index (χ2n) is 5.25. The van der Waals surface area contributed by atoms with Crippen molar-refractivity contribution in [2.45, 2.75) is 6.54 Å². The van der Waals surface area contributed by atoms with E-state index in [0.29, 0.717) is 22.8 Å². The summed E-state index contributed by atoms with van der Waals surface area (Å²) in [5.74, 6) is 0.864. The Bertz CT molecular complexity index is 876. The number of thiocarbonyl (C=S) groups is 1. The number of nitrogens with one attached hydrogen (secondary N) is 1. The summed E-state index contributed by atoms with van der Waals surface area (Å²) in [5, 5.41) is 14.0. The predicted molar refractivity (Wildman–Crippen MR) is 105 cm³/mol. The van der Waals surface area contributed by atoms with Crippen molar-refractivity contribution >= 4 is 44.6 Å². The van der Waals surface area contributed by atoms with Crippen molar-refractivity contribution in [3.05, 3.63) is 89.1 Å². The first-order valence-electron chi connectivity index (χ1n) is 7.61. The minimum absolute atomic E-state index is 0.0978. The number of benzene rings is 1. The summed E-state index contributed by atoms with van der Waals surface area (Å²) in [6, 6.07) is 16.8. The zero-order chi connectivity index (χ0) is 17.6. The van der Waals surface area contributed by atoms with Crippen LogP contribution in [0, 0.1) is 0 Å². The highest BCUT2D eigenvalue weighted by Gasteiger charge is 2.23. The van der Waals surface area contributed by atoms with E-state index in [1.165, 1.54) is 0 Å². The Kier molecular flexibility index (Phi) is 5.63. The smallest absolute Gasteiger partial charge is 0.287 e. The van der Waals surface area contributed by atoms with Crippen LogP contribution in [-0.4, -0.2) is 10.1 Å². The number of furan rings is 1. The van der Waals surface area contributed by atoms with E-state index < -0.39 is 0 Å². The third-order valence-electron chi connectivity index (χ3n) is 3.53. The van der Waals surface area contributed by atoms with E-state index >= 15 is 0 Å². The number of hydrogen-bond donors (Lipinski definition) is 2. The molecule has 0 aliphatic heterocycles. The van der Waals surface area contributed by atoms with Gasteiger partial charge in [-0.1, -0.05) is 34.2 Å². The van der Waals surface area contributed by atoms with Gasteiger partial charge in [-0.25, -0.2) is 0 Å². The molecule has 0 amide bonds. The third kappa shape index (κ3) is 4.35. The van der Waals surface area contributed by atoms with Crippen LogP contribution in [0.15, 0.2) is 82.1 Å². The van der Waals surface area contributed by atoms with Crippen LogP contribution in [-0.2, 0) is 6.54 Å². The zero-order valence-electron chi connectivity index (χ0n) is 13.2. The zero-order valence-corrected chi connectivity index (χ0v) is 15.6. The number of nitrogens with zero attached hydrogens (tertiary/aromatic N) is 1. The summed E-state index contributed by atoms with van der Waals surface area (Å²) in [6.07, 6.45) is 5.29. The minimum atomic E-state index is 0.0978. The van der Waals surface area contributed by atoms with Crippen molar-refractivity contribution in [3.8, 4) is 0 Å². The van der Waals surface area contributed by atoms with Gasteiger partial charge in [0.05, 0.1) is 12.8 Å². The lowest BCUT2D eigenvalue weighted by Gasteiger charge is -2.09. The fourth-order valence-corrected chi connectivity index (χ4v) is 2.84. The average molecular weight is 416 g/mol. The van der Waals surface area contributed by atoms with E-state index in [4.69, 9.17) is 16.6 Å². The molecule has 2 aromatic heterocycles.